The van der Waals surface area contributed by atoms with Crippen molar-refractivity contribution in [2.24, 2.45) is 28.6 Å². The maximum atomic E-state index is 13.5. The molecule has 0 radical (unpaired) electrons. The van der Waals surface area contributed by atoms with E-state index < -0.39 is 45.0 Å². The summed E-state index contributed by atoms with van der Waals surface area (Å²) in [5, 5.41) is 11.3. The van der Waals surface area contributed by atoms with Crippen molar-refractivity contribution in [3.63, 3.8) is 0 Å². The lowest BCUT2D eigenvalue weighted by Gasteiger charge is -2.64. The van der Waals surface area contributed by atoms with Gasteiger partial charge in [-0.05, 0) is 61.1 Å². The molecule has 35 heavy (non-hydrogen) atoms. The molecule has 0 saturated heterocycles. The predicted octanol–water partition coefficient (Wildman–Crippen LogP) is 5.34. The van der Waals surface area contributed by atoms with Crippen LogP contribution in [0.2, 0.25) is 0 Å². The zero-order chi connectivity index (χ0) is 25.4. The Bertz CT molecular complexity index is 1140. The highest BCUT2D eigenvalue weighted by molar-refractivity contribution is 7.12. The SMILES string of the molecule is CC1CC2C3CCC4=CC(=O)C=CC4(C)[C@@]3(Cl)C(Cl)CC2(C)[C@@]1(OC(=O)c1cccs1)C(=O)CO. The average molecular weight is 538 g/mol. The summed E-state index contributed by atoms with van der Waals surface area (Å²) in [5.74, 6) is -1.53. The number of thiophene rings is 1. The molecular formula is C27H30Cl2O5S. The van der Waals surface area contributed by atoms with Crippen molar-refractivity contribution in [3.8, 4) is 0 Å². The molecule has 0 bridgehead atoms. The summed E-state index contributed by atoms with van der Waals surface area (Å²) in [4.78, 5) is 38.4. The largest absolute Gasteiger partial charge is 0.446 e. The third kappa shape index (κ3) is 3.12. The normalized spacial score (nSPS) is 44.2. The molecule has 5 rings (SSSR count). The van der Waals surface area contributed by atoms with Crippen molar-refractivity contribution in [3.05, 3.63) is 46.2 Å². The molecule has 1 aromatic heterocycles. The summed E-state index contributed by atoms with van der Waals surface area (Å²) in [6, 6.07) is 3.43. The first-order valence-corrected chi connectivity index (χ1v) is 13.8. The van der Waals surface area contributed by atoms with Gasteiger partial charge in [0.1, 0.15) is 11.5 Å². The molecule has 8 atom stereocenters. The number of ether oxygens (including phenoxy) is 1. The molecule has 5 nitrogen and oxygen atoms in total. The molecule has 0 spiro atoms. The van der Waals surface area contributed by atoms with Gasteiger partial charge in [0, 0.05) is 16.7 Å². The van der Waals surface area contributed by atoms with Crippen molar-refractivity contribution in [1.82, 2.24) is 0 Å². The average Bonchev–Trinajstić information content (AvgIpc) is 3.42. The van der Waals surface area contributed by atoms with Crippen LogP contribution in [0.3, 0.4) is 0 Å². The van der Waals surface area contributed by atoms with Gasteiger partial charge < -0.3 is 9.84 Å². The first-order valence-electron chi connectivity index (χ1n) is 12.1. The third-order valence-corrected chi connectivity index (χ3v) is 12.1. The molecule has 0 amide bonds. The number of fused-ring (bicyclic) bond motifs is 5. The number of carbonyl (C=O) groups excluding carboxylic acids is 3. The van der Waals surface area contributed by atoms with E-state index in [1.165, 1.54) is 11.3 Å². The highest BCUT2D eigenvalue weighted by atomic mass is 35.5. The summed E-state index contributed by atoms with van der Waals surface area (Å²) in [6.45, 7) is 5.24. The number of aliphatic hydroxyl groups excluding tert-OH is 1. The Balaban J connectivity index is 1.61. The van der Waals surface area contributed by atoms with Crippen LogP contribution in [0.25, 0.3) is 0 Å². The molecule has 8 heteroatoms. The molecule has 4 aliphatic rings. The number of carbonyl (C=O) groups is 3. The molecule has 1 heterocycles. The van der Waals surface area contributed by atoms with Gasteiger partial charge in [0.2, 0.25) is 5.78 Å². The van der Waals surface area contributed by atoms with Crippen molar-refractivity contribution >= 4 is 52.1 Å². The number of allylic oxidation sites excluding steroid dienone is 4. The van der Waals surface area contributed by atoms with E-state index in [1.54, 1.807) is 29.7 Å². The van der Waals surface area contributed by atoms with Gasteiger partial charge in [-0.15, -0.1) is 34.5 Å². The Morgan fingerprint density at radius 3 is 2.69 bits per heavy atom. The van der Waals surface area contributed by atoms with Crippen LogP contribution >= 0.6 is 34.5 Å². The molecule has 1 aromatic rings. The lowest BCUT2D eigenvalue weighted by molar-refractivity contribution is -0.169. The number of alkyl halides is 2. The Labute approximate surface area is 219 Å². The predicted molar refractivity (Wildman–Crippen MR) is 136 cm³/mol. The summed E-state index contributed by atoms with van der Waals surface area (Å²) < 4.78 is 6.18. The van der Waals surface area contributed by atoms with Gasteiger partial charge in [0.15, 0.2) is 11.4 Å². The van der Waals surface area contributed by atoms with E-state index in [0.717, 1.165) is 12.0 Å². The minimum Gasteiger partial charge on any atom is -0.446 e. The molecule has 1 N–H and O–H groups in total. The number of aliphatic hydroxyl groups is 1. The highest BCUT2D eigenvalue weighted by Crippen LogP contribution is 2.73. The van der Waals surface area contributed by atoms with Crippen LogP contribution < -0.4 is 0 Å². The van der Waals surface area contributed by atoms with E-state index in [9.17, 15) is 19.5 Å². The number of Topliss-reactive ketones (excluding diaryl/α,β-unsaturated/α-hetero) is 1. The highest BCUT2D eigenvalue weighted by Gasteiger charge is 2.76. The van der Waals surface area contributed by atoms with Crippen molar-refractivity contribution < 1.29 is 24.2 Å². The maximum absolute atomic E-state index is 13.5. The molecular weight excluding hydrogens is 507 g/mol. The fourth-order valence-corrected chi connectivity index (χ4v) is 9.87. The van der Waals surface area contributed by atoms with Gasteiger partial charge >= 0.3 is 5.97 Å². The quantitative estimate of drug-likeness (QED) is 0.415. The molecule has 3 saturated carbocycles. The maximum Gasteiger partial charge on any atom is 0.349 e. The van der Waals surface area contributed by atoms with E-state index in [4.69, 9.17) is 27.9 Å². The minimum atomic E-state index is -1.51. The number of esters is 1. The van der Waals surface area contributed by atoms with Crippen LogP contribution in [0.4, 0.5) is 0 Å². The van der Waals surface area contributed by atoms with Gasteiger partial charge in [-0.1, -0.05) is 38.5 Å². The Hall–Kier alpha value is -1.47. The van der Waals surface area contributed by atoms with Crippen LogP contribution in [0.5, 0.6) is 0 Å². The first-order chi connectivity index (χ1) is 16.5. The van der Waals surface area contributed by atoms with Gasteiger partial charge in [-0.2, -0.15) is 0 Å². The number of ketones is 2. The van der Waals surface area contributed by atoms with Crippen LogP contribution in [0.1, 0.15) is 56.1 Å². The standard InChI is InChI=1S/C27H30Cl2O5S/c1-15-11-19-18-7-6-16-12-17(31)8-9-24(16,2)26(18,29)21(28)13-25(19,3)27(15,22(32)14-30)34-23(33)20-5-4-10-35-20/h4-5,8-10,12,15,18-19,21,30H,6-7,11,13-14H2,1-3H3/t15?,18?,19?,21?,24?,25?,26-,27-/m0/s1. The lowest BCUT2D eigenvalue weighted by Crippen LogP contribution is -2.68. The monoisotopic (exact) mass is 536 g/mol. The molecule has 6 unspecified atom stereocenters. The van der Waals surface area contributed by atoms with Crippen molar-refractivity contribution in [2.45, 2.75) is 62.3 Å². The van der Waals surface area contributed by atoms with Gasteiger partial charge in [-0.3, -0.25) is 9.59 Å². The topological polar surface area (TPSA) is 80.7 Å². The third-order valence-electron chi connectivity index (χ3n) is 9.67. The molecule has 0 aromatic carbocycles. The number of rotatable bonds is 4. The zero-order valence-corrected chi connectivity index (χ0v) is 22.4. The number of hydrogen-bond acceptors (Lipinski definition) is 6. The van der Waals surface area contributed by atoms with Gasteiger partial charge in [-0.25, -0.2) is 4.79 Å². The second-order valence-corrected chi connectivity index (χ2v) is 13.1. The van der Waals surface area contributed by atoms with E-state index in [1.807, 2.05) is 19.9 Å². The first kappa shape index (κ1) is 25.2. The van der Waals surface area contributed by atoms with Crippen LogP contribution in [0.15, 0.2) is 41.3 Å². The van der Waals surface area contributed by atoms with Crippen LogP contribution in [0, 0.1) is 28.6 Å². The summed E-state index contributed by atoms with van der Waals surface area (Å²) >= 11 is 16.0. The Morgan fingerprint density at radius 1 is 1.29 bits per heavy atom. The van der Waals surface area contributed by atoms with Crippen LogP contribution in [-0.2, 0) is 14.3 Å². The van der Waals surface area contributed by atoms with Gasteiger partial charge in [0.05, 0.1) is 10.3 Å². The van der Waals surface area contributed by atoms with E-state index in [-0.39, 0.29) is 23.5 Å². The fourth-order valence-electron chi connectivity index (χ4n) is 8.04. The zero-order valence-electron chi connectivity index (χ0n) is 20.1. The number of halogens is 2. The van der Waals surface area contributed by atoms with E-state index in [0.29, 0.717) is 24.1 Å². The summed E-state index contributed by atoms with van der Waals surface area (Å²) in [7, 11) is 0. The molecule has 0 aliphatic heterocycles. The van der Waals surface area contributed by atoms with Crippen molar-refractivity contribution in [2.75, 3.05) is 6.61 Å². The van der Waals surface area contributed by atoms with Crippen LogP contribution in [-0.4, -0.2) is 45.1 Å². The van der Waals surface area contributed by atoms with Crippen molar-refractivity contribution in [1.29, 1.82) is 0 Å². The fraction of sp³-hybridized carbons (Fsp3) is 0.593. The molecule has 188 valence electrons. The Kier molecular flexibility index (Phi) is 5.95. The smallest absolute Gasteiger partial charge is 0.349 e. The van der Waals surface area contributed by atoms with E-state index >= 15 is 0 Å². The lowest BCUT2D eigenvalue weighted by atomic mass is 9.46. The van der Waals surface area contributed by atoms with Gasteiger partial charge in [0.25, 0.3) is 0 Å². The molecule has 3 fully saturated rings. The second kappa shape index (κ2) is 8.27. The second-order valence-electron chi connectivity index (χ2n) is 11.0. The summed E-state index contributed by atoms with van der Waals surface area (Å²) in [5.41, 5.74) is -1.91. The van der Waals surface area contributed by atoms with E-state index in [2.05, 4.69) is 6.92 Å². The molecule has 4 aliphatic carbocycles. The Morgan fingerprint density at radius 2 is 2.03 bits per heavy atom. The summed E-state index contributed by atoms with van der Waals surface area (Å²) in [6.07, 6.45) is 7.59. The minimum absolute atomic E-state index is 0.0366. The number of hydrogen-bond donors (Lipinski definition) is 1.